The van der Waals surface area contributed by atoms with E-state index in [0.29, 0.717) is 6.54 Å². The van der Waals surface area contributed by atoms with E-state index < -0.39 is 6.10 Å². The molecule has 3 heterocycles. The summed E-state index contributed by atoms with van der Waals surface area (Å²) in [4.78, 5) is 4.55. The van der Waals surface area contributed by atoms with Crippen LogP contribution in [0.5, 0.6) is 5.75 Å². The zero-order valence-corrected chi connectivity index (χ0v) is 16.7. The quantitative estimate of drug-likeness (QED) is 0.593. The Hall–Kier alpha value is -1.97. The number of aromatic nitrogens is 2. The second kappa shape index (κ2) is 9.69. The van der Waals surface area contributed by atoms with Gasteiger partial charge in [0.2, 0.25) is 0 Å². The molecule has 8 nitrogen and oxygen atoms in total. The Morgan fingerprint density at radius 1 is 1.21 bits per heavy atom. The average molecular weight is 402 g/mol. The minimum Gasteiger partial charge on any atom is -0.491 e. The van der Waals surface area contributed by atoms with Crippen LogP contribution in [0.15, 0.2) is 24.3 Å². The fourth-order valence-corrected chi connectivity index (χ4v) is 3.99. The molecule has 0 amide bonds. The van der Waals surface area contributed by atoms with Crippen molar-refractivity contribution in [2.24, 2.45) is 0 Å². The van der Waals surface area contributed by atoms with Crippen LogP contribution in [0.2, 0.25) is 0 Å². The zero-order chi connectivity index (χ0) is 20.1. The maximum absolute atomic E-state index is 10.3. The van der Waals surface area contributed by atoms with Crippen molar-refractivity contribution in [3.8, 4) is 5.75 Å². The van der Waals surface area contributed by atoms with Gasteiger partial charge in [0.05, 0.1) is 25.5 Å². The molecule has 1 aromatic heterocycles. The first-order chi connectivity index (χ1) is 14.2. The first-order valence-electron chi connectivity index (χ1n) is 10.3. The smallest absolute Gasteiger partial charge is 0.119 e. The van der Waals surface area contributed by atoms with Crippen LogP contribution >= 0.6 is 0 Å². The summed E-state index contributed by atoms with van der Waals surface area (Å²) in [5.74, 6) is 0.778. The predicted octanol–water partition coefficient (Wildman–Crippen LogP) is 0.532. The van der Waals surface area contributed by atoms with Gasteiger partial charge < -0.3 is 19.7 Å². The first-order valence-corrected chi connectivity index (χ1v) is 10.3. The van der Waals surface area contributed by atoms with Gasteiger partial charge in [0.25, 0.3) is 0 Å². The largest absolute Gasteiger partial charge is 0.491 e. The van der Waals surface area contributed by atoms with Crippen LogP contribution < -0.4 is 4.74 Å². The molecular weight excluding hydrogens is 372 g/mol. The van der Waals surface area contributed by atoms with Crippen molar-refractivity contribution in [1.29, 1.82) is 0 Å². The highest BCUT2D eigenvalue weighted by atomic mass is 16.5. The Bertz CT molecular complexity index is 777. The number of hydrogen-bond donors (Lipinski definition) is 3. The Labute approximate surface area is 171 Å². The zero-order valence-electron chi connectivity index (χ0n) is 16.7. The minimum atomic E-state index is -0.518. The number of fused-ring (bicyclic) bond motifs is 1. The van der Waals surface area contributed by atoms with Gasteiger partial charge in [-0.25, -0.2) is 0 Å². The van der Waals surface area contributed by atoms with Crippen LogP contribution in [-0.2, 0) is 30.9 Å². The van der Waals surface area contributed by atoms with Gasteiger partial charge in [-0.1, -0.05) is 12.1 Å². The highest BCUT2D eigenvalue weighted by molar-refractivity contribution is 5.30. The van der Waals surface area contributed by atoms with Crippen LogP contribution in [0.25, 0.3) is 0 Å². The number of ether oxygens (including phenoxy) is 2. The fraction of sp³-hybridized carbons (Fsp3) is 0.571. The molecule has 4 rings (SSSR count). The summed E-state index contributed by atoms with van der Waals surface area (Å²) in [7, 11) is 0. The number of nitrogens with zero attached hydrogens (tertiary/aromatic N) is 3. The van der Waals surface area contributed by atoms with E-state index in [-0.39, 0.29) is 13.2 Å². The van der Waals surface area contributed by atoms with Gasteiger partial charge in [0.1, 0.15) is 18.5 Å². The number of aromatic amines is 1. The molecule has 0 bridgehead atoms. The average Bonchev–Trinajstić information content (AvgIpc) is 3.16. The molecule has 2 aliphatic heterocycles. The third-order valence-electron chi connectivity index (χ3n) is 5.57. The van der Waals surface area contributed by atoms with Gasteiger partial charge in [-0.3, -0.25) is 14.9 Å². The molecule has 1 saturated heterocycles. The van der Waals surface area contributed by atoms with Crippen molar-refractivity contribution in [1.82, 2.24) is 20.0 Å². The molecule has 2 aromatic rings. The Kier molecular flexibility index (Phi) is 6.78. The second-order valence-corrected chi connectivity index (χ2v) is 7.77. The summed E-state index contributed by atoms with van der Waals surface area (Å²) in [6.45, 7) is 6.57. The normalized spacial score (nSPS) is 19.1. The predicted molar refractivity (Wildman–Crippen MR) is 108 cm³/mol. The van der Waals surface area contributed by atoms with E-state index in [1.54, 1.807) is 0 Å². The van der Waals surface area contributed by atoms with Crippen molar-refractivity contribution < 1.29 is 19.7 Å². The lowest BCUT2D eigenvalue weighted by Gasteiger charge is -2.28. The van der Waals surface area contributed by atoms with Gasteiger partial charge in [-0.05, 0) is 17.7 Å². The van der Waals surface area contributed by atoms with Crippen LogP contribution in [0.1, 0.15) is 22.5 Å². The third kappa shape index (κ3) is 5.34. The van der Waals surface area contributed by atoms with Crippen LogP contribution in [-0.4, -0.2) is 82.3 Å². The van der Waals surface area contributed by atoms with E-state index in [2.05, 4.69) is 26.1 Å². The highest BCUT2D eigenvalue weighted by Gasteiger charge is 2.22. The third-order valence-corrected chi connectivity index (χ3v) is 5.57. The van der Waals surface area contributed by atoms with E-state index in [1.165, 1.54) is 5.56 Å². The van der Waals surface area contributed by atoms with Crippen LogP contribution in [0, 0.1) is 0 Å². The van der Waals surface area contributed by atoms with E-state index in [0.717, 1.165) is 75.1 Å². The van der Waals surface area contributed by atoms with Crippen molar-refractivity contribution in [3.63, 3.8) is 0 Å². The molecular formula is C21H30N4O4. The SMILES string of the molecule is OCc1n[nH]c2c1CN(Cc1cccc(OC[C@H](O)CN3CCOCC3)c1)CC2. The lowest BCUT2D eigenvalue weighted by molar-refractivity contribution is 0.00464. The fourth-order valence-electron chi connectivity index (χ4n) is 3.99. The van der Waals surface area contributed by atoms with Crippen molar-refractivity contribution in [2.45, 2.75) is 32.2 Å². The molecule has 1 fully saturated rings. The molecule has 0 unspecified atom stereocenters. The molecule has 8 heteroatoms. The van der Waals surface area contributed by atoms with Crippen molar-refractivity contribution >= 4 is 0 Å². The number of benzene rings is 1. The number of H-pyrrole nitrogens is 1. The number of aliphatic hydroxyl groups excluding tert-OH is 2. The molecule has 3 N–H and O–H groups in total. The molecule has 0 saturated carbocycles. The Balaban J connectivity index is 1.28. The summed E-state index contributed by atoms with van der Waals surface area (Å²) in [6.07, 6.45) is 0.391. The molecule has 0 radical (unpaired) electrons. The van der Waals surface area contributed by atoms with Gasteiger partial charge in [-0.15, -0.1) is 0 Å². The van der Waals surface area contributed by atoms with Crippen LogP contribution in [0.3, 0.4) is 0 Å². The Morgan fingerprint density at radius 2 is 2.07 bits per heavy atom. The number of rotatable bonds is 8. The molecule has 1 aromatic carbocycles. The molecule has 158 valence electrons. The molecule has 29 heavy (non-hydrogen) atoms. The number of morpholine rings is 1. The first kappa shape index (κ1) is 20.3. The standard InChI is InChI=1S/C21H30N4O4/c26-14-21-19-13-25(5-4-20(19)22-23-21)11-16-2-1-3-18(10-16)29-15-17(27)12-24-6-8-28-9-7-24/h1-3,10,17,26-27H,4-9,11-15H2,(H,22,23)/t17-/m1/s1. The lowest BCUT2D eigenvalue weighted by Crippen LogP contribution is -2.42. The maximum atomic E-state index is 10.3. The summed E-state index contributed by atoms with van der Waals surface area (Å²) in [5, 5.41) is 27.0. The summed E-state index contributed by atoms with van der Waals surface area (Å²) >= 11 is 0. The van der Waals surface area contributed by atoms with E-state index >= 15 is 0 Å². The molecule has 1 atom stereocenters. The van der Waals surface area contributed by atoms with E-state index in [9.17, 15) is 10.2 Å². The molecule has 0 spiro atoms. The topological polar surface area (TPSA) is 94.1 Å². The summed E-state index contributed by atoms with van der Waals surface area (Å²) in [6, 6.07) is 8.05. The van der Waals surface area contributed by atoms with Crippen LogP contribution in [0.4, 0.5) is 0 Å². The molecule has 0 aliphatic carbocycles. The summed E-state index contributed by atoms with van der Waals surface area (Å²) < 4.78 is 11.2. The van der Waals surface area contributed by atoms with Crippen molar-refractivity contribution in [2.75, 3.05) is 46.0 Å². The summed E-state index contributed by atoms with van der Waals surface area (Å²) in [5.41, 5.74) is 4.17. The second-order valence-electron chi connectivity index (χ2n) is 7.77. The number of β-amino-alcohol motifs (C(OH)–C–C–N with tert-alkyl or cyclic N) is 1. The number of nitrogens with one attached hydrogen (secondary N) is 1. The van der Waals surface area contributed by atoms with Gasteiger partial charge in [0, 0.05) is 56.9 Å². The van der Waals surface area contributed by atoms with Gasteiger partial charge >= 0.3 is 0 Å². The van der Waals surface area contributed by atoms with Gasteiger partial charge in [-0.2, -0.15) is 5.10 Å². The highest BCUT2D eigenvalue weighted by Crippen LogP contribution is 2.23. The van der Waals surface area contributed by atoms with E-state index in [1.807, 2.05) is 18.2 Å². The number of hydrogen-bond acceptors (Lipinski definition) is 7. The van der Waals surface area contributed by atoms with Gasteiger partial charge in [0.15, 0.2) is 0 Å². The Morgan fingerprint density at radius 3 is 2.90 bits per heavy atom. The number of aliphatic hydroxyl groups is 2. The minimum absolute atomic E-state index is 0.0320. The lowest BCUT2D eigenvalue weighted by atomic mass is 10.0. The maximum Gasteiger partial charge on any atom is 0.119 e. The monoisotopic (exact) mass is 402 g/mol. The van der Waals surface area contributed by atoms with Crippen molar-refractivity contribution in [3.05, 3.63) is 46.8 Å². The molecule has 2 aliphatic rings. The van der Waals surface area contributed by atoms with E-state index in [4.69, 9.17) is 9.47 Å².